The molecular weight excluding hydrogens is 366 g/mol. The first-order chi connectivity index (χ1) is 14.0. The number of carbonyl (C=O) groups is 1. The summed E-state index contributed by atoms with van der Waals surface area (Å²) in [4.78, 5) is 36.5. The Morgan fingerprint density at radius 3 is 2.52 bits per heavy atom. The maximum Gasteiger partial charge on any atom is 0.274 e. The van der Waals surface area contributed by atoms with Crippen molar-refractivity contribution in [2.24, 2.45) is 0 Å². The zero-order valence-electron chi connectivity index (χ0n) is 16.7. The number of carbonyl (C=O) groups excluding carboxylic acids is 1. The summed E-state index contributed by atoms with van der Waals surface area (Å²) in [6.07, 6.45) is 1.57. The monoisotopic (exact) mass is 389 g/mol. The molecule has 0 saturated carbocycles. The van der Waals surface area contributed by atoms with Crippen LogP contribution in [0, 0.1) is 0 Å². The van der Waals surface area contributed by atoms with E-state index in [1.165, 1.54) is 0 Å². The number of likely N-dealkylation sites (N-methyl/N-ethyl adjacent to an activating group) is 2. The largest absolute Gasteiger partial charge is 0.340 e. The van der Waals surface area contributed by atoms with E-state index in [1.807, 2.05) is 59.8 Å². The fourth-order valence-corrected chi connectivity index (χ4v) is 3.36. The minimum absolute atomic E-state index is 0.0607. The summed E-state index contributed by atoms with van der Waals surface area (Å²) in [5, 5.41) is 0. The van der Waals surface area contributed by atoms with Crippen molar-refractivity contribution in [3.63, 3.8) is 0 Å². The van der Waals surface area contributed by atoms with Crippen molar-refractivity contribution in [3.8, 4) is 11.4 Å². The van der Waals surface area contributed by atoms with Crippen LogP contribution in [0.25, 0.3) is 27.9 Å². The van der Waals surface area contributed by atoms with Crippen molar-refractivity contribution >= 4 is 22.5 Å². The zero-order valence-corrected chi connectivity index (χ0v) is 16.7. The molecule has 0 unspecified atom stereocenters. The van der Waals surface area contributed by atoms with Crippen molar-refractivity contribution in [2.75, 3.05) is 34.2 Å². The number of H-pyrrole nitrogens is 1. The van der Waals surface area contributed by atoms with E-state index in [2.05, 4.69) is 9.97 Å². The molecule has 0 fully saturated rings. The highest BCUT2D eigenvalue weighted by Gasteiger charge is 2.16. The third-order valence-electron chi connectivity index (χ3n) is 4.99. The standard InChI is InChI=1S/C22H23N5O2/c1-25(2)11-12-26(3)22(29)16-9-10-17-18(13-16)27-19(21(28)24-17)14-23-20(27)15-7-5-4-6-8-15/h4-10,13-14H,11-12H2,1-3H3,(H,24,28). The van der Waals surface area contributed by atoms with Crippen molar-refractivity contribution < 1.29 is 4.79 Å². The number of nitrogens with one attached hydrogen (secondary N) is 1. The number of rotatable bonds is 5. The zero-order chi connectivity index (χ0) is 20.5. The molecule has 1 N–H and O–H groups in total. The van der Waals surface area contributed by atoms with E-state index in [4.69, 9.17) is 0 Å². The quantitative estimate of drug-likeness (QED) is 0.569. The number of imidazole rings is 1. The van der Waals surface area contributed by atoms with E-state index >= 15 is 0 Å². The summed E-state index contributed by atoms with van der Waals surface area (Å²) in [6.45, 7) is 1.41. The van der Waals surface area contributed by atoms with Gasteiger partial charge in [-0.2, -0.15) is 0 Å². The summed E-state index contributed by atoms with van der Waals surface area (Å²) in [5.74, 6) is 0.608. The minimum atomic E-state index is -0.214. The van der Waals surface area contributed by atoms with Gasteiger partial charge in [0, 0.05) is 31.3 Å². The first kappa shape index (κ1) is 18.9. The third kappa shape index (κ3) is 3.52. The van der Waals surface area contributed by atoms with Crippen molar-refractivity contribution in [1.29, 1.82) is 0 Å². The molecule has 29 heavy (non-hydrogen) atoms. The number of hydrogen-bond donors (Lipinski definition) is 1. The highest BCUT2D eigenvalue weighted by molar-refractivity contribution is 5.97. The molecule has 0 aliphatic rings. The maximum atomic E-state index is 12.9. The van der Waals surface area contributed by atoms with E-state index in [9.17, 15) is 9.59 Å². The number of nitrogens with zero attached hydrogens (tertiary/aromatic N) is 4. The lowest BCUT2D eigenvalue weighted by Gasteiger charge is -2.20. The highest BCUT2D eigenvalue weighted by atomic mass is 16.2. The predicted molar refractivity (Wildman–Crippen MR) is 114 cm³/mol. The second kappa shape index (κ2) is 7.52. The smallest absolute Gasteiger partial charge is 0.274 e. The molecule has 2 aromatic carbocycles. The number of hydrogen-bond acceptors (Lipinski definition) is 4. The Morgan fingerprint density at radius 2 is 1.79 bits per heavy atom. The van der Waals surface area contributed by atoms with E-state index in [0.717, 1.165) is 17.6 Å². The molecule has 4 aromatic rings. The van der Waals surface area contributed by atoms with Crippen LogP contribution in [0.1, 0.15) is 10.4 Å². The summed E-state index contributed by atoms with van der Waals surface area (Å²) < 4.78 is 1.82. The molecule has 0 bridgehead atoms. The summed E-state index contributed by atoms with van der Waals surface area (Å²) in [5.41, 5.74) is 3.10. The first-order valence-corrected chi connectivity index (χ1v) is 9.45. The summed E-state index contributed by atoms with van der Waals surface area (Å²) >= 11 is 0. The number of aromatic amines is 1. The van der Waals surface area contributed by atoms with Gasteiger partial charge in [0.15, 0.2) is 0 Å². The molecule has 0 saturated heterocycles. The van der Waals surface area contributed by atoms with Crippen LogP contribution in [0.2, 0.25) is 0 Å². The highest BCUT2D eigenvalue weighted by Crippen LogP contribution is 2.23. The summed E-state index contributed by atoms with van der Waals surface area (Å²) in [6, 6.07) is 15.0. The Morgan fingerprint density at radius 1 is 1.03 bits per heavy atom. The molecule has 4 rings (SSSR count). The molecule has 1 amide bonds. The van der Waals surface area contributed by atoms with Crippen LogP contribution in [0.3, 0.4) is 0 Å². The topological polar surface area (TPSA) is 73.7 Å². The Balaban J connectivity index is 1.86. The van der Waals surface area contributed by atoms with Crippen LogP contribution in [0.4, 0.5) is 0 Å². The molecule has 0 radical (unpaired) electrons. The molecule has 148 valence electrons. The first-order valence-electron chi connectivity index (χ1n) is 9.45. The molecule has 0 atom stereocenters. The van der Waals surface area contributed by atoms with Gasteiger partial charge < -0.3 is 14.8 Å². The van der Waals surface area contributed by atoms with Crippen molar-refractivity contribution in [3.05, 3.63) is 70.6 Å². The van der Waals surface area contributed by atoms with E-state index in [1.54, 1.807) is 30.3 Å². The van der Waals surface area contributed by atoms with Gasteiger partial charge in [0.25, 0.3) is 11.5 Å². The molecule has 0 aliphatic carbocycles. The van der Waals surface area contributed by atoms with Crippen LogP contribution in [-0.4, -0.2) is 64.3 Å². The van der Waals surface area contributed by atoms with Gasteiger partial charge >= 0.3 is 0 Å². The average Bonchev–Trinajstić information content (AvgIpc) is 3.18. The van der Waals surface area contributed by atoms with Gasteiger partial charge in [-0.05, 0) is 32.3 Å². The molecule has 0 aliphatic heterocycles. The van der Waals surface area contributed by atoms with Crippen LogP contribution in [0.15, 0.2) is 59.5 Å². The molecule has 0 spiro atoms. The lowest BCUT2D eigenvalue weighted by atomic mass is 10.1. The predicted octanol–water partition coefficient (Wildman–Crippen LogP) is 2.48. The van der Waals surface area contributed by atoms with Gasteiger partial charge in [0.05, 0.1) is 17.2 Å². The van der Waals surface area contributed by atoms with Gasteiger partial charge in [-0.3, -0.25) is 14.0 Å². The van der Waals surface area contributed by atoms with Gasteiger partial charge in [-0.1, -0.05) is 30.3 Å². The fourth-order valence-electron chi connectivity index (χ4n) is 3.36. The lowest BCUT2D eigenvalue weighted by Crippen LogP contribution is -2.33. The van der Waals surface area contributed by atoms with Crippen LogP contribution < -0.4 is 5.56 Å². The van der Waals surface area contributed by atoms with Crippen LogP contribution >= 0.6 is 0 Å². The molecular formula is C22H23N5O2. The lowest BCUT2D eigenvalue weighted by molar-refractivity contribution is 0.0786. The summed E-state index contributed by atoms with van der Waals surface area (Å²) in [7, 11) is 5.75. The molecule has 2 heterocycles. The second-order valence-electron chi connectivity index (χ2n) is 7.38. The van der Waals surface area contributed by atoms with Crippen molar-refractivity contribution in [2.45, 2.75) is 0 Å². The van der Waals surface area contributed by atoms with Gasteiger partial charge in [-0.15, -0.1) is 0 Å². The number of fused-ring (bicyclic) bond motifs is 3. The van der Waals surface area contributed by atoms with Gasteiger partial charge in [-0.25, -0.2) is 4.98 Å². The molecule has 7 heteroatoms. The second-order valence-corrected chi connectivity index (χ2v) is 7.38. The van der Waals surface area contributed by atoms with Gasteiger partial charge in [0.2, 0.25) is 0 Å². The van der Waals surface area contributed by atoms with Crippen LogP contribution in [-0.2, 0) is 0 Å². The Bertz CT molecular complexity index is 1240. The number of benzene rings is 2. The van der Waals surface area contributed by atoms with Gasteiger partial charge in [0.1, 0.15) is 11.3 Å². The Hall–Kier alpha value is -3.45. The Kier molecular flexibility index (Phi) is 4.90. The Labute approximate surface area is 168 Å². The third-order valence-corrected chi connectivity index (χ3v) is 4.99. The van der Waals surface area contributed by atoms with E-state index in [-0.39, 0.29) is 11.5 Å². The molecule has 7 nitrogen and oxygen atoms in total. The normalized spacial score (nSPS) is 11.4. The van der Waals surface area contributed by atoms with E-state index in [0.29, 0.717) is 29.0 Å². The maximum absolute atomic E-state index is 12.9. The van der Waals surface area contributed by atoms with Crippen LogP contribution in [0.5, 0.6) is 0 Å². The average molecular weight is 389 g/mol. The fraction of sp³-hybridized carbons (Fsp3) is 0.227. The SMILES string of the molecule is CN(C)CCN(C)C(=O)c1ccc2[nH]c(=O)c3cnc(-c4ccccc4)n3c2c1. The minimum Gasteiger partial charge on any atom is -0.340 e. The number of aromatic nitrogens is 3. The number of amides is 1. The molecule has 2 aromatic heterocycles. The van der Waals surface area contributed by atoms with Crippen molar-refractivity contribution in [1.82, 2.24) is 24.2 Å². The van der Waals surface area contributed by atoms with E-state index < -0.39 is 0 Å².